The van der Waals surface area contributed by atoms with E-state index in [-0.39, 0.29) is 16.3 Å². The highest BCUT2D eigenvalue weighted by Crippen LogP contribution is 2.38. The summed E-state index contributed by atoms with van der Waals surface area (Å²) in [6.45, 7) is 1.40. The average molecular weight is 411 g/mol. The van der Waals surface area contributed by atoms with Crippen LogP contribution in [0.4, 0.5) is 24.8 Å². The predicted molar refractivity (Wildman–Crippen MR) is 103 cm³/mol. The summed E-state index contributed by atoms with van der Waals surface area (Å²) >= 11 is 7.38. The van der Waals surface area contributed by atoms with Crippen molar-refractivity contribution in [2.75, 3.05) is 10.5 Å². The Morgan fingerprint density at radius 3 is 2.48 bits per heavy atom. The standard InChI is InChI=1S/C18H14ClF3N4S/c1-10-11(4-2-5-12(10)18(20,21)22)17-13(19)8-9-15(25-17)26-27-16-7-3-6-14(23)24-16/h2-9H,1H3,(H2,23,24)(H,25,26). The van der Waals surface area contributed by atoms with Crippen LogP contribution in [0.2, 0.25) is 5.02 Å². The molecule has 0 spiro atoms. The Balaban J connectivity index is 1.92. The molecule has 0 saturated heterocycles. The third-order valence-corrected chi connectivity index (χ3v) is 4.80. The minimum atomic E-state index is -4.45. The van der Waals surface area contributed by atoms with Gasteiger partial charge in [0.25, 0.3) is 0 Å². The number of alkyl halides is 3. The number of nitrogens with two attached hydrogens (primary N) is 1. The molecule has 0 amide bonds. The highest BCUT2D eigenvalue weighted by atomic mass is 35.5. The molecule has 4 nitrogen and oxygen atoms in total. The van der Waals surface area contributed by atoms with Crippen molar-refractivity contribution >= 4 is 35.2 Å². The Labute approximate surface area is 163 Å². The summed E-state index contributed by atoms with van der Waals surface area (Å²) in [4.78, 5) is 8.51. The van der Waals surface area contributed by atoms with Crippen LogP contribution < -0.4 is 10.5 Å². The number of benzene rings is 1. The minimum absolute atomic E-state index is 0.0710. The normalized spacial score (nSPS) is 11.4. The molecule has 140 valence electrons. The predicted octanol–water partition coefficient (Wildman–Crippen LogP) is 5.83. The lowest BCUT2D eigenvalue weighted by atomic mass is 9.99. The van der Waals surface area contributed by atoms with E-state index in [0.29, 0.717) is 22.2 Å². The molecule has 3 aromatic rings. The Bertz CT molecular complexity index is 979. The molecule has 0 bridgehead atoms. The van der Waals surface area contributed by atoms with Crippen LogP contribution in [0.5, 0.6) is 0 Å². The molecule has 0 fully saturated rings. The van der Waals surface area contributed by atoms with Gasteiger partial charge in [-0.25, -0.2) is 9.97 Å². The van der Waals surface area contributed by atoms with Gasteiger partial charge in [-0.1, -0.05) is 29.8 Å². The zero-order chi connectivity index (χ0) is 19.6. The van der Waals surface area contributed by atoms with E-state index in [0.717, 1.165) is 6.07 Å². The van der Waals surface area contributed by atoms with Crippen molar-refractivity contribution in [1.29, 1.82) is 0 Å². The van der Waals surface area contributed by atoms with E-state index >= 15 is 0 Å². The topological polar surface area (TPSA) is 63.8 Å². The van der Waals surface area contributed by atoms with E-state index in [4.69, 9.17) is 17.3 Å². The summed E-state index contributed by atoms with van der Waals surface area (Å²) in [5.74, 6) is 0.812. The van der Waals surface area contributed by atoms with Gasteiger partial charge in [0.15, 0.2) is 0 Å². The molecule has 0 aliphatic rings. The van der Waals surface area contributed by atoms with E-state index < -0.39 is 11.7 Å². The molecular formula is C18H14ClF3N4S. The molecule has 0 unspecified atom stereocenters. The number of halogens is 4. The first-order valence-corrected chi connectivity index (χ1v) is 8.94. The SMILES string of the molecule is Cc1c(-c2nc(NSc3cccc(N)n3)ccc2Cl)cccc1C(F)(F)F. The molecular weight excluding hydrogens is 397 g/mol. The monoisotopic (exact) mass is 410 g/mol. The van der Waals surface area contributed by atoms with Crippen LogP contribution in [0.3, 0.4) is 0 Å². The number of hydrogen-bond donors (Lipinski definition) is 2. The Morgan fingerprint density at radius 2 is 1.78 bits per heavy atom. The molecule has 9 heteroatoms. The fourth-order valence-corrected chi connectivity index (χ4v) is 3.31. The van der Waals surface area contributed by atoms with Gasteiger partial charge in [0.1, 0.15) is 16.7 Å². The van der Waals surface area contributed by atoms with E-state index in [9.17, 15) is 13.2 Å². The number of anilines is 2. The molecule has 0 saturated carbocycles. The average Bonchev–Trinajstić information content (AvgIpc) is 2.60. The zero-order valence-corrected chi connectivity index (χ0v) is 15.6. The smallest absolute Gasteiger partial charge is 0.384 e. The van der Waals surface area contributed by atoms with Gasteiger partial charge in [-0.15, -0.1) is 0 Å². The van der Waals surface area contributed by atoms with Crippen molar-refractivity contribution in [2.45, 2.75) is 18.1 Å². The summed E-state index contributed by atoms with van der Waals surface area (Å²) < 4.78 is 42.5. The van der Waals surface area contributed by atoms with Crippen molar-refractivity contribution in [2.24, 2.45) is 0 Å². The molecule has 0 atom stereocenters. The first-order chi connectivity index (χ1) is 12.8. The minimum Gasteiger partial charge on any atom is -0.384 e. The van der Waals surface area contributed by atoms with Gasteiger partial charge in [0.05, 0.1) is 16.3 Å². The number of hydrogen-bond acceptors (Lipinski definition) is 5. The van der Waals surface area contributed by atoms with Crippen LogP contribution in [-0.4, -0.2) is 9.97 Å². The molecule has 27 heavy (non-hydrogen) atoms. The first kappa shape index (κ1) is 19.3. The summed E-state index contributed by atoms with van der Waals surface area (Å²) in [6, 6.07) is 12.4. The quantitative estimate of drug-likeness (QED) is 0.530. The maximum Gasteiger partial charge on any atom is 0.416 e. The van der Waals surface area contributed by atoms with Gasteiger partial charge in [-0.2, -0.15) is 13.2 Å². The van der Waals surface area contributed by atoms with Crippen LogP contribution in [0.15, 0.2) is 53.6 Å². The fraction of sp³-hybridized carbons (Fsp3) is 0.111. The van der Waals surface area contributed by atoms with Crippen molar-refractivity contribution < 1.29 is 13.2 Å². The van der Waals surface area contributed by atoms with Gasteiger partial charge in [0.2, 0.25) is 0 Å². The lowest BCUT2D eigenvalue weighted by Crippen LogP contribution is -2.08. The maximum absolute atomic E-state index is 13.2. The lowest BCUT2D eigenvalue weighted by Gasteiger charge is -2.15. The van der Waals surface area contributed by atoms with Gasteiger partial charge >= 0.3 is 6.18 Å². The number of pyridine rings is 2. The second kappa shape index (κ2) is 7.66. The van der Waals surface area contributed by atoms with Gasteiger partial charge in [0, 0.05) is 17.5 Å². The first-order valence-electron chi connectivity index (χ1n) is 7.75. The molecule has 0 radical (unpaired) electrons. The molecule has 0 aliphatic carbocycles. The van der Waals surface area contributed by atoms with Crippen molar-refractivity contribution in [3.63, 3.8) is 0 Å². The van der Waals surface area contributed by atoms with E-state index in [2.05, 4.69) is 14.7 Å². The van der Waals surface area contributed by atoms with E-state index in [1.54, 1.807) is 36.4 Å². The molecule has 3 rings (SSSR count). The lowest BCUT2D eigenvalue weighted by molar-refractivity contribution is -0.138. The maximum atomic E-state index is 13.2. The Kier molecular flexibility index (Phi) is 5.48. The van der Waals surface area contributed by atoms with Gasteiger partial charge < -0.3 is 10.5 Å². The van der Waals surface area contributed by atoms with E-state index in [1.807, 2.05) is 0 Å². The zero-order valence-electron chi connectivity index (χ0n) is 14.0. The second-order valence-electron chi connectivity index (χ2n) is 5.61. The van der Waals surface area contributed by atoms with Crippen LogP contribution in [-0.2, 0) is 6.18 Å². The van der Waals surface area contributed by atoms with Crippen molar-refractivity contribution in [3.05, 3.63) is 64.7 Å². The van der Waals surface area contributed by atoms with E-state index in [1.165, 1.54) is 24.9 Å². The van der Waals surface area contributed by atoms with Crippen LogP contribution in [0, 0.1) is 6.92 Å². The third-order valence-electron chi connectivity index (χ3n) is 3.75. The number of aromatic nitrogens is 2. The number of rotatable bonds is 4. The van der Waals surface area contributed by atoms with Crippen molar-refractivity contribution in [3.8, 4) is 11.3 Å². The molecule has 2 aromatic heterocycles. The van der Waals surface area contributed by atoms with Crippen molar-refractivity contribution in [1.82, 2.24) is 9.97 Å². The molecule has 2 heterocycles. The second-order valence-corrected chi connectivity index (χ2v) is 6.84. The Hall–Kier alpha value is -2.45. The van der Waals surface area contributed by atoms with Crippen LogP contribution >= 0.6 is 23.5 Å². The number of nitrogens with one attached hydrogen (secondary N) is 1. The summed E-state index contributed by atoms with van der Waals surface area (Å²) in [6.07, 6.45) is -4.45. The van der Waals surface area contributed by atoms with Crippen LogP contribution in [0.1, 0.15) is 11.1 Å². The molecule has 3 N–H and O–H groups in total. The number of nitrogen functional groups attached to an aromatic ring is 1. The summed E-state index contributed by atoms with van der Waals surface area (Å²) in [5.41, 5.74) is 5.59. The highest BCUT2D eigenvalue weighted by Gasteiger charge is 2.33. The summed E-state index contributed by atoms with van der Waals surface area (Å²) in [7, 11) is 0. The van der Waals surface area contributed by atoms with Crippen LogP contribution in [0.25, 0.3) is 11.3 Å². The van der Waals surface area contributed by atoms with Gasteiger partial charge in [-0.05, 0) is 42.8 Å². The summed E-state index contributed by atoms with van der Waals surface area (Å²) in [5, 5.41) is 0.888. The Morgan fingerprint density at radius 1 is 1.04 bits per heavy atom. The fourth-order valence-electron chi connectivity index (χ4n) is 2.48. The number of nitrogens with zero attached hydrogens (tertiary/aromatic N) is 2. The largest absolute Gasteiger partial charge is 0.416 e. The molecule has 0 aliphatic heterocycles. The molecule has 1 aromatic carbocycles. The third kappa shape index (κ3) is 4.45. The highest BCUT2D eigenvalue weighted by molar-refractivity contribution is 8.00. The van der Waals surface area contributed by atoms with Gasteiger partial charge in [-0.3, -0.25) is 0 Å².